The molecule has 2 amide bonds. The highest BCUT2D eigenvalue weighted by molar-refractivity contribution is 5.78. The first kappa shape index (κ1) is 36.4. The number of aliphatic hydroxyl groups is 1. The fraction of sp³-hybridized carbons (Fsp3) is 0.366. The lowest BCUT2D eigenvalue weighted by Gasteiger charge is -2.40. The number of amides is 2. The van der Waals surface area contributed by atoms with Gasteiger partial charge in [-0.3, -0.25) is 24.6 Å². The van der Waals surface area contributed by atoms with Gasteiger partial charge in [-0.25, -0.2) is 5.48 Å². The number of piperazine rings is 1. The monoisotopic (exact) mass is 692 g/mol. The number of nitrogens with zero attached hydrogens (tertiary/aromatic N) is 2. The molecule has 2 heterocycles. The lowest BCUT2D eigenvalue weighted by atomic mass is 9.98. The van der Waals surface area contributed by atoms with E-state index >= 15 is 0 Å². The SMILES string of the molecule is O=C(CCCC(=O)NCc1cccc(-c2ccc(C3OC(CN4CCN(Cc5ccccc5)CC4)CC(c4ccc(CO)cc4)O3)cc2)c1)NO. The van der Waals surface area contributed by atoms with Gasteiger partial charge < -0.3 is 19.9 Å². The summed E-state index contributed by atoms with van der Waals surface area (Å²) in [5.74, 6) is -0.644. The van der Waals surface area contributed by atoms with Crippen LogP contribution < -0.4 is 10.8 Å². The van der Waals surface area contributed by atoms with Gasteiger partial charge in [0, 0.05) is 70.6 Å². The largest absolute Gasteiger partial charge is 0.392 e. The molecule has 2 saturated heterocycles. The zero-order valence-electron chi connectivity index (χ0n) is 29.0. The molecule has 2 fully saturated rings. The van der Waals surface area contributed by atoms with E-state index in [1.54, 1.807) is 5.48 Å². The maximum atomic E-state index is 12.2. The van der Waals surface area contributed by atoms with Crippen molar-refractivity contribution < 1.29 is 29.4 Å². The number of carbonyl (C=O) groups excluding carboxylic acids is 2. The van der Waals surface area contributed by atoms with E-state index in [0.717, 1.165) is 79.1 Å². The second-order valence-corrected chi connectivity index (χ2v) is 13.4. The molecule has 0 saturated carbocycles. The molecule has 51 heavy (non-hydrogen) atoms. The summed E-state index contributed by atoms with van der Waals surface area (Å²) in [4.78, 5) is 28.4. The summed E-state index contributed by atoms with van der Waals surface area (Å²) in [6, 6.07) is 35.0. The fourth-order valence-corrected chi connectivity index (χ4v) is 6.74. The van der Waals surface area contributed by atoms with Gasteiger partial charge in [0.05, 0.1) is 18.8 Å². The van der Waals surface area contributed by atoms with Crippen LogP contribution in [0, 0.1) is 0 Å². The number of hydrogen-bond donors (Lipinski definition) is 4. The summed E-state index contributed by atoms with van der Waals surface area (Å²) in [5, 5.41) is 21.1. The van der Waals surface area contributed by atoms with Crippen molar-refractivity contribution in [3.8, 4) is 11.1 Å². The molecule has 268 valence electrons. The Morgan fingerprint density at radius 1 is 0.706 bits per heavy atom. The summed E-state index contributed by atoms with van der Waals surface area (Å²) >= 11 is 0. The van der Waals surface area contributed by atoms with Gasteiger partial charge in [0.2, 0.25) is 11.8 Å². The Kier molecular flexibility index (Phi) is 13.0. The first-order valence-electron chi connectivity index (χ1n) is 17.8. The van der Waals surface area contributed by atoms with Crippen LogP contribution in [0.2, 0.25) is 0 Å². The first-order valence-corrected chi connectivity index (χ1v) is 17.8. The standard InChI is InChI=1S/C41H48N4O6/c46-29-31-12-14-34(15-13-31)38-25-37(28-45-22-20-44(21-23-45)27-30-6-2-1-3-7-30)50-41(51-38)35-18-16-33(17-19-35)36-9-4-8-32(24-36)26-42-39(47)10-5-11-40(48)43-49/h1-4,6-9,12-19,24,37-38,41,46,49H,5,10-11,20-23,25-29H2,(H,42,47)(H,43,48). The van der Waals surface area contributed by atoms with Gasteiger partial charge >= 0.3 is 0 Å². The number of hydroxylamine groups is 1. The van der Waals surface area contributed by atoms with E-state index in [9.17, 15) is 14.7 Å². The molecule has 2 aliphatic heterocycles. The molecule has 3 atom stereocenters. The van der Waals surface area contributed by atoms with E-state index in [1.165, 1.54) is 5.56 Å². The van der Waals surface area contributed by atoms with Gasteiger partial charge in [0.1, 0.15) is 0 Å². The number of carbonyl (C=O) groups is 2. The molecule has 0 aliphatic carbocycles. The number of nitrogens with one attached hydrogen (secondary N) is 2. The van der Waals surface area contributed by atoms with Crippen molar-refractivity contribution in [2.75, 3.05) is 32.7 Å². The molecule has 0 radical (unpaired) electrons. The van der Waals surface area contributed by atoms with Gasteiger partial charge in [-0.15, -0.1) is 0 Å². The number of ether oxygens (including phenoxy) is 2. The number of hydrogen-bond acceptors (Lipinski definition) is 8. The minimum absolute atomic E-state index is 0.00764. The van der Waals surface area contributed by atoms with Gasteiger partial charge in [-0.1, -0.05) is 97.1 Å². The zero-order valence-corrected chi connectivity index (χ0v) is 29.0. The van der Waals surface area contributed by atoms with Crippen LogP contribution in [0.4, 0.5) is 0 Å². The maximum absolute atomic E-state index is 12.2. The van der Waals surface area contributed by atoms with Crippen molar-refractivity contribution >= 4 is 11.8 Å². The average molecular weight is 693 g/mol. The normalized spacial score (nSPS) is 19.8. The Morgan fingerprint density at radius 2 is 1.39 bits per heavy atom. The Labute approximate surface area is 300 Å². The Balaban J connectivity index is 1.08. The maximum Gasteiger partial charge on any atom is 0.243 e. The predicted octanol–water partition coefficient (Wildman–Crippen LogP) is 5.50. The van der Waals surface area contributed by atoms with Crippen LogP contribution in [-0.4, -0.2) is 70.8 Å². The summed E-state index contributed by atoms with van der Waals surface area (Å²) in [6.07, 6.45) is 0.745. The summed E-state index contributed by atoms with van der Waals surface area (Å²) in [7, 11) is 0. The molecule has 0 aromatic heterocycles. The van der Waals surface area contributed by atoms with Gasteiger partial charge in [-0.05, 0) is 45.9 Å². The molecule has 10 nitrogen and oxygen atoms in total. The van der Waals surface area contributed by atoms with Crippen molar-refractivity contribution in [1.29, 1.82) is 0 Å². The van der Waals surface area contributed by atoms with Crippen molar-refractivity contribution in [2.45, 2.75) is 63.9 Å². The second kappa shape index (κ2) is 18.2. The molecule has 0 bridgehead atoms. The van der Waals surface area contributed by atoms with E-state index in [2.05, 4.69) is 75.8 Å². The molecular weight excluding hydrogens is 644 g/mol. The number of aliphatic hydroxyl groups excluding tert-OH is 1. The fourth-order valence-electron chi connectivity index (χ4n) is 6.74. The first-order chi connectivity index (χ1) is 24.9. The van der Waals surface area contributed by atoms with Crippen molar-refractivity contribution in [3.63, 3.8) is 0 Å². The van der Waals surface area contributed by atoms with Gasteiger partial charge in [0.25, 0.3) is 0 Å². The molecule has 2 aliphatic rings. The third-order valence-electron chi connectivity index (χ3n) is 9.66. The highest BCUT2D eigenvalue weighted by Gasteiger charge is 2.34. The molecular formula is C41H48N4O6. The summed E-state index contributed by atoms with van der Waals surface area (Å²) in [6.45, 7) is 6.23. The van der Waals surface area contributed by atoms with Gasteiger partial charge in [-0.2, -0.15) is 0 Å². The lowest BCUT2D eigenvalue weighted by molar-refractivity contribution is -0.253. The Morgan fingerprint density at radius 3 is 2.12 bits per heavy atom. The summed E-state index contributed by atoms with van der Waals surface area (Å²) < 4.78 is 13.3. The highest BCUT2D eigenvalue weighted by atomic mass is 16.7. The van der Waals surface area contributed by atoms with Crippen LogP contribution in [0.1, 0.15) is 65.9 Å². The third kappa shape index (κ3) is 10.6. The molecule has 4 aromatic carbocycles. The molecule has 3 unspecified atom stereocenters. The third-order valence-corrected chi connectivity index (χ3v) is 9.66. The van der Waals surface area contributed by atoms with E-state index in [0.29, 0.717) is 13.0 Å². The Bertz CT molecular complexity index is 1690. The van der Waals surface area contributed by atoms with E-state index in [4.69, 9.17) is 14.7 Å². The van der Waals surface area contributed by atoms with Crippen LogP contribution in [0.25, 0.3) is 11.1 Å². The minimum Gasteiger partial charge on any atom is -0.392 e. The van der Waals surface area contributed by atoms with Crippen LogP contribution in [0.15, 0.2) is 103 Å². The quantitative estimate of drug-likeness (QED) is 0.101. The van der Waals surface area contributed by atoms with Crippen molar-refractivity contribution in [1.82, 2.24) is 20.6 Å². The lowest BCUT2D eigenvalue weighted by Crippen LogP contribution is -2.49. The molecule has 4 N–H and O–H groups in total. The van der Waals surface area contributed by atoms with Crippen LogP contribution in [0.3, 0.4) is 0 Å². The van der Waals surface area contributed by atoms with E-state index in [-0.39, 0.29) is 37.6 Å². The molecule has 4 aromatic rings. The second-order valence-electron chi connectivity index (χ2n) is 13.4. The van der Waals surface area contributed by atoms with E-state index in [1.807, 2.05) is 42.5 Å². The van der Waals surface area contributed by atoms with Gasteiger partial charge in [0.15, 0.2) is 6.29 Å². The summed E-state index contributed by atoms with van der Waals surface area (Å²) in [5.41, 5.74) is 8.87. The predicted molar refractivity (Wildman–Crippen MR) is 194 cm³/mol. The van der Waals surface area contributed by atoms with Crippen LogP contribution >= 0.6 is 0 Å². The minimum atomic E-state index is -0.523. The molecule has 0 spiro atoms. The van der Waals surface area contributed by atoms with Crippen LogP contribution in [0.5, 0.6) is 0 Å². The average Bonchev–Trinajstić information content (AvgIpc) is 3.18. The van der Waals surface area contributed by atoms with Crippen LogP contribution in [-0.2, 0) is 38.8 Å². The molecule has 10 heteroatoms. The highest BCUT2D eigenvalue weighted by Crippen LogP contribution is 2.39. The molecule has 6 rings (SSSR count). The smallest absolute Gasteiger partial charge is 0.243 e. The Hall–Kier alpha value is -4.42. The van der Waals surface area contributed by atoms with Crippen molar-refractivity contribution in [3.05, 3.63) is 131 Å². The van der Waals surface area contributed by atoms with E-state index < -0.39 is 12.2 Å². The zero-order chi connectivity index (χ0) is 35.4. The number of rotatable bonds is 14. The topological polar surface area (TPSA) is 124 Å². The van der Waals surface area contributed by atoms with Crippen molar-refractivity contribution in [2.24, 2.45) is 0 Å². The number of benzene rings is 4.